The van der Waals surface area contributed by atoms with Gasteiger partial charge in [-0.1, -0.05) is 26.0 Å². The molecule has 0 bridgehead atoms. The van der Waals surface area contributed by atoms with E-state index in [-0.39, 0.29) is 11.8 Å². The fourth-order valence-electron chi connectivity index (χ4n) is 2.56. The van der Waals surface area contributed by atoms with Crippen molar-refractivity contribution >= 4 is 16.9 Å². The van der Waals surface area contributed by atoms with E-state index in [1.807, 2.05) is 45.9 Å². The van der Waals surface area contributed by atoms with Gasteiger partial charge in [0.1, 0.15) is 11.6 Å². The van der Waals surface area contributed by atoms with Crippen LogP contribution in [0.25, 0.3) is 11.0 Å². The van der Waals surface area contributed by atoms with Gasteiger partial charge in [0.2, 0.25) is 0 Å². The van der Waals surface area contributed by atoms with E-state index in [4.69, 9.17) is 0 Å². The Balaban J connectivity index is 1.74. The van der Waals surface area contributed by atoms with Gasteiger partial charge in [-0.3, -0.25) is 4.79 Å². The second kappa shape index (κ2) is 6.39. The monoisotopic (exact) mass is 323 g/mol. The maximum Gasteiger partial charge on any atom is 0.255 e. The van der Waals surface area contributed by atoms with Crippen molar-refractivity contribution in [2.75, 3.05) is 0 Å². The molecule has 1 amide bonds. The maximum absolute atomic E-state index is 12.4. The third kappa shape index (κ3) is 3.13. The highest BCUT2D eigenvalue weighted by Crippen LogP contribution is 2.15. The van der Waals surface area contributed by atoms with Gasteiger partial charge < -0.3 is 10.3 Å². The number of aryl methyl sites for hydroxylation is 2. The Bertz CT molecular complexity index is 898. The number of amides is 1. The zero-order chi connectivity index (χ0) is 17.3. The largest absolute Gasteiger partial charge is 0.345 e. The van der Waals surface area contributed by atoms with E-state index < -0.39 is 0 Å². The summed E-state index contributed by atoms with van der Waals surface area (Å²) < 4.78 is 0. The molecule has 0 radical (unpaired) electrons. The number of fused-ring (bicyclic) bond motifs is 1. The minimum atomic E-state index is -0.194. The maximum atomic E-state index is 12.4. The Hall–Kier alpha value is -2.76. The smallest absolute Gasteiger partial charge is 0.255 e. The Morgan fingerprint density at radius 2 is 2.04 bits per heavy atom. The van der Waals surface area contributed by atoms with Crippen molar-refractivity contribution in [2.45, 2.75) is 40.2 Å². The van der Waals surface area contributed by atoms with E-state index in [0.717, 1.165) is 28.2 Å². The number of carbonyl (C=O) groups is 1. The predicted octanol–water partition coefficient (Wildman–Crippen LogP) is 3.02. The van der Waals surface area contributed by atoms with Crippen LogP contribution in [-0.4, -0.2) is 25.8 Å². The molecular weight excluding hydrogens is 302 g/mol. The van der Waals surface area contributed by atoms with E-state index in [0.29, 0.717) is 17.8 Å². The van der Waals surface area contributed by atoms with Crippen LogP contribution in [0.2, 0.25) is 0 Å². The van der Waals surface area contributed by atoms with E-state index in [2.05, 4.69) is 25.3 Å². The van der Waals surface area contributed by atoms with Crippen LogP contribution in [-0.2, 0) is 6.54 Å². The summed E-state index contributed by atoms with van der Waals surface area (Å²) in [5.74, 6) is 1.52. The van der Waals surface area contributed by atoms with Gasteiger partial charge in [-0.2, -0.15) is 0 Å². The third-order valence-corrected chi connectivity index (χ3v) is 3.94. The van der Waals surface area contributed by atoms with Crippen molar-refractivity contribution in [1.29, 1.82) is 0 Å². The number of nitrogens with one attached hydrogen (secondary N) is 2. The lowest BCUT2D eigenvalue weighted by atomic mass is 10.1. The lowest BCUT2D eigenvalue weighted by Gasteiger charge is -2.09. The number of carbonyl (C=O) groups excluding carboxylic acids is 1. The highest BCUT2D eigenvalue weighted by Gasteiger charge is 2.14. The average molecular weight is 323 g/mol. The molecule has 0 unspecified atom stereocenters. The third-order valence-electron chi connectivity index (χ3n) is 3.94. The molecule has 0 saturated carbocycles. The predicted molar refractivity (Wildman–Crippen MR) is 92.9 cm³/mol. The van der Waals surface area contributed by atoms with Crippen LogP contribution in [0.3, 0.4) is 0 Å². The number of hydrogen-bond acceptors (Lipinski definition) is 4. The molecule has 124 valence electrons. The van der Waals surface area contributed by atoms with Crippen molar-refractivity contribution in [3.63, 3.8) is 0 Å². The molecule has 24 heavy (non-hydrogen) atoms. The Morgan fingerprint density at radius 1 is 1.25 bits per heavy atom. The van der Waals surface area contributed by atoms with Crippen LogP contribution in [0.5, 0.6) is 0 Å². The molecular formula is C18H21N5O. The summed E-state index contributed by atoms with van der Waals surface area (Å²) in [6.45, 7) is 8.23. The Labute approximate surface area is 140 Å². The van der Waals surface area contributed by atoms with Gasteiger partial charge in [-0.05, 0) is 25.5 Å². The molecule has 0 spiro atoms. The number of benzene rings is 1. The second-order valence-corrected chi connectivity index (χ2v) is 6.22. The van der Waals surface area contributed by atoms with Crippen molar-refractivity contribution in [3.8, 4) is 0 Å². The number of imidazole rings is 1. The lowest BCUT2D eigenvalue weighted by Crippen LogP contribution is -2.25. The fourth-order valence-corrected chi connectivity index (χ4v) is 2.56. The Morgan fingerprint density at radius 3 is 2.71 bits per heavy atom. The SMILES string of the molecule is Cc1nc(C(C)C)ncc1C(=O)NCc1nc2c(C)cccc2[nH]1. The molecule has 0 aliphatic carbocycles. The number of hydrogen-bond donors (Lipinski definition) is 2. The summed E-state index contributed by atoms with van der Waals surface area (Å²) in [5, 5.41) is 2.87. The van der Waals surface area contributed by atoms with Gasteiger partial charge >= 0.3 is 0 Å². The normalized spacial score (nSPS) is 11.2. The fraction of sp³-hybridized carbons (Fsp3) is 0.333. The van der Waals surface area contributed by atoms with Gasteiger partial charge in [-0.15, -0.1) is 0 Å². The first-order valence-corrected chi connectivity index (χ1v) is 8.01. The Kier molecular flexibility index (Phi) is 4.29. The van der Waals surface area contributed by atoms with Crippen LogP contribution in [0.15, 0.2) is 24.4 Å². The molecule has 2 aromatic heterocycles. The molecule has 1 aromatic carbocycles. The molecule has 3 rings (SSSR count). The number of aromatic amines is 1. The zero-order valence-electron chi connectivity index (χ0n) is 14.3. The zero-order valence-corrected chi connectivity index (χ0v) is 14.3. The number of rotatable bonds is 4. The molecule has 6 nitrogen and oxygen atoms in total. The summed E-state index contributed by atoms with van der Waals surface area (Å²) in [5.41, 5.74) is 4.19. The van der Waals surface area contributed by atoms with Crippen molar-refractivity contribution in [3.05, 3.63) is 52.9 Å². The van der Waals surface area contributed by atoms with Crippen LogP contribution < -0.4 is 5.32 Å². The first kappa shape index (κ1) is 16.1. The second-order valence-electron chi connectivity index (χ2n) is 6.22. The van der Waals surface area contributed by atoms with E-state index in [1.54, 1.807) is 6.20 Å². The lowest BCUT2D eigenvalue weighted by molar-refractivity contribution is 0.0948. The van der Waals surface area contributed by atoms with Crippen molar-refractivity contribution in [1.82, 2.24) is 25.3 Å². The number of nitrogens with zero attached hydrogens (tertiary/aromatic N) is 3. The first-order valence-electron chi connectivity index (χ1n) is 8.01. The van der Waals surface area contributed by atoms with Crippen LogP contribution in [0, 0.1) is 13.8 Å². The molecule has 6 heteroatoms. The van der Waals surface area contributed by atoms with Gasteiger partial charge in [0.05, 0.1) is 28.8 Å². The highest BCUT2D eigenvalue weighted by molar-refractivity contribution is 5.94. The van der Waals surface area contributed by atoms with Gasteiger partial charge in [-0.25, -0.2) is 15.0 Å². The van der Waals surface area contributed by atoms with Crippen LogP contribution in [0.4, 0.5) is 0 Å². The van der Waals surface area contributed by atoms with Gasteiger partial charge in [0.25, 0.3) is 5.91 Å². The molecule has 0 saturated heterocycles. The number of H-pyrrole nitrogens is 1. The average Bonchev–Trinajstić information content (AvgIpc) is 2.97. The number of aromatic nitrogens is 4. The molecule has 0 atom stereocenters. The minimum Gasteiger partial charge on any atom is -0.345 e. The summed E-state index contributed by atoms with van der Waals surface area (Å²) in [4.78, 5) is 28.8. The highest BCUT2D eigenvalue weighted by atomic mass is 16.1. The van der Waals surface area contributed by atoms with Gasteiger partial charge in [0.15, 0.2) is 0 Å². The molecule has 0 aliphatic heterocycles. The van der Waals surface area contributed by atoms with E-state index in [9.17, 15) is 4.79 Å². The summed E-state index contributed by atoms with van der Waals surface area (Å²) in [6.07, 6.45) is 1.59. The topological polar surface area (TPSA) is 83.6 Å². The van der Waals surface area contributed by atoms with Crippen molar-refractivity contribution < 1.29 is 4.79 Å². The molecule has 2 heterocycles. The first-order chi connectivity index (χ1) is 11.5. The molecule has 2 N–H and O–H groups in total. The van der Waals surface area contributed by atoms with E-state index in [1.165, 1.54) is 0 Å². The van der Waals surface area contributed by atoms with Crippen molar-refractivity contribution in [2.24, 2.45) is 0 Å². The molecule has 0 fully saturated rings. The van der Waals surface area contributed by atoms with Gasteiger partial charge in [0, 0.05) is 12.1 Å². The van der Waals surface area contributed by atoms with E-state index >= 15 is 0 Å². The van der Waals surface area contributed by atoms with Crippen LogP contribution >= 0.6 is 0 Å². The molecule has 3 aromatic rings. The minimum absolute atomic E-state index is 0.194. The molecule has 0 aliphatic rings. The quantitative estimate of drug-likeness (QED) is 0.773. The summed E-state index contributed by atoms with van der Waals surface area (Å²) >= 11 is 0. The number of para-hydroxylation sites is 1. The van der Waals surface area contributed by atoms with Crippen LogP contribution in [0.1, 0.15) is 53.0 Å². The standard InChI is InChI=1S/C18H21N5O/c1-10(2)17-19-8-13(12(4)21-17)18(24)20-9-15-22-14-7-5-6-11(3)16(14)23-15/h5-8,10H,9H2,1-4H3,(H,20,24)(H,22,23). The summed E-state index contributed by atoms with van der Waals surface area (Å²) in [6, 6.07) is 5.97. The summed E-state index contributed by atoms with van der Waals surface area (Å²) in [7, 11) is 0.